The van der Waals surface area contributed by atoms with E-state index in [1.165, 1.54) is 0 Å². The van der Waals surface area contributed by atoms with Gasteiger partial charge in [-0.15, -0.1) is 11.3 Å². The van der Waals surface area contributed by atoms with Crippen LogP contribution >= 0.6 is 11.3 Å². The molecule has 1 N–H and O–H groups in total. The highest BCUT2D eigenvalue weighted by Gasteiger charge is 2.28. The first kappa shape index (κ1) is 14.0. The van der Waals surface area contributed by atoms with E-state index in [4.69, 9.17) is 0 Å². The summed E-state index contributed by atoms with van der Waals surface area (Å²) in [7, 11) is 0. The Labute approximate surface area is 122 Å². The predicted octanol–water partition coefficient (Wildman–Crippen LogP) is 3.37. The van der Waals surface area contributed by atoms with Gasteiger partial charge in [-0.1, -0.05) is 0 Å². The molecule has 0 aliphatic heterocycles. The normalized spacial score (nSPS) is 17.6. The summed E-state index contributed by atoms with van der Waals surface area (Å²) in [5, 5.41) is 20.6. The standard InChI is InChI=1S/C13H10F2N2O3S/c14-6-4-5-7(17(19)20)11(15)10(6)13-16-12-8(18)2-1-3-9(12)21-13/h4-5,8,18H,1-3H2. The Bertz CT molecular complexity index is 732. The number of aliphatic hydroxyl groups is 1. The maximum atomic E-state index is 14.2. The summed E-state index contributed by atoms with van der Waals surface area (Å²) in [6.45, 7) is 0. The average molecular weight is 312 g/mol. The number of hydrogen-bond donors (Lipinski definition) is 1. The maximum Gasteiger partial charge on any atom is 0.305 e. The van der Waals surface area contributed by atoms with Crippen LogP contribution in [-0.4, -0.2) is 15.0 Å². The minimum Gasteiger partial charge on any atom is -0.387 e. The van der Waals surface area contributed by atoms with Gasteiger partial charge in [-0.2, -0.15) is 4.39 Å². The molecule has 0 fully saturated rings. The number of fused-ring (bicyclic) bond motifs is 1. The second kappa shape index (κ2) is 5.12. The zero-order valence-corrected chi connectivity index (χ0v) is 11.5. The largest absolute Gasteiger partial charge is 0.387 e. The first-order chi connectivity index (χ1) is 9.99. The van der Waals surface area contributed by atoms with Crippen LogP contribution in [0.3, 0.4) is 0 Å². The minimum atomic E-state index is -1.24. The van der Waals surface area contributed by atoms with Crippen LogP contribution in [0.2, 0.25) is 0 Å². The topological polar surface area (TPSA) is 76.3 Å². The van der Waals surface area contributed by atoms with E-state index in [-0.39, 0.29) is 5.01 Å². The number of aliphatic hydroxyl groups excluding tert-OH is 1. The number of aromatic nitrogens is 1. The van der Waals surface area contributed by atoms with E-state index in [1.807, 2.05) is 0 Å². The summed E-state index contributed by atoms with van der Waals surface area (Å²) in [5.74, 6) is -2.14. The van der Waals surface area contributed by atoms with Gasteiger partial charge in [-0.25, -0.2) is 9.37 Å². The quantitative estimate of drug-likeness (QED) is 0.681. The fourth-order valence-corrected chi connectivity index (χ4v) is 3.58. The van der Waals surface area contributed by atoms with E-state index in [1.54, 1.807) is 0 Å². The molecule has 110 valence electrons. The van der Waals surface area contributed by atoms with Crippen LogP contribution in [0.4, 0.5) is 14.5 Å². The van der Waals surface area contributed by atoms with Gasteiger partial charge in [0.25, 0.3) is 0 Å². The van der Waals surface area contributed by atoms with Gasteiger partial charge >= 0.3 is 5.69 Å². The van der Waals surface area contributed by atoms with Gasteiger partial charge in [0.2, 0.25) is 5.82 Å². The molecule has 0 bridgehead atoms. The lowest BCUT2D eigenvalue weighted by molar-refractivity contribution is -0.387. The molecule has 8 heteroatoms. The van der Waals surface area contributed by atoms with Crippen LogP contribution < -0.4 is 0 Å². The molecular formula is C13H10F2N2O3S. The van der Waals surface area contributed by atoms with E-state index in [9.17, 15) is 24.0 Å². The Morgan fingerprint density at radius 3 is 2.86 bits per heavy atom. The minimum absolute atomic E-state index is 0.0275. The Hall–Kier alpha value is -1.93. The van der Waals surface area contributed by atoms with Gasteiger partial charge in [0.05, 0.1) is 22.3 Å². The van der Waals surface area contributed by atoms with Crippen LogP contribution in [0.25, 0.3) is 10.6 Å². The zero-order chi connectivity index (χ0) is 15.1. The third-order valence-electron chi connectivity index (χ3n) is 3.41. The molecule has 1 aliphatic carbocycles. The van der Waals surface area contributed by atoms with Crippen LogP contribution in [-0.2, 0) is 6.42 Å². The van der Waals surface area contributed by atoms with Gasteiger partial charge in [0, 0.05) is 10.9 Å². The SMILES string of the molecule is O=[N+]([O-])c1ccc(F)c(-c2nc3c(s2)CCCC3O)c1F. The van der Waals surface area contributed by atoms with Crippen LogP contribution in [0.1, 0.15) is 29.5 Å². The highest BCUT2D eigenvalue weighted by atomic mass is 32.1. The number of hydrogen-bond acceptors (Lipinski definition) is 5. The van der Waals surface area contributed by atoms with Crippen molar-refractivity contribution in [2.75, 3.05) is 0 Å². The number of nitrogens with zero attached hydrogens (tertiary/aromatic N) is 2. The maximum absolute atomic E-state index is 14.2. The molecule has 2 aromatic rings. The molecule has 1 unspecified atom stereocenters. The fraction of sp³-hybridized carbons (Fsp3) is 0.308. The van der Waals surface area contributed by atoms with Crippen molar-refractivity contribution in [3.05, 3.63) is 44.5 Å². The molecule has 0 saturated heterocycles. The Balaban J connectivity index is 2.17. The molecule has 0 saturated carbocycles. The van der Waals surface area contributed by atoms with Gasteiger partial charge in [-0.05, 0) is 25.3 Å². The van der Waals surface area contributed by atoms with Crippen molar-refractivity contribution in [3.8, 4) is 10.6 Å². The summed E-state index contributed by atoms with van der Waals surface area (Å²) < 4.78 is 28.0. The van der Waals surface area contributed by atoms with Crippen molar-refractivity contribution in [1.82, 2.24) is 4.98 Å². The first-order valence-corrected chi connectivity index (χ1v) is 7.11. The smallest absolute Gasteiger partial charge is 0.305 e. The Morgan fingerprint density at radius 1 is 1.43 bits per heavy atom. The van der Waals surface area contributed by atoms with Crippen molar-refractivity contribution in [2.45, 2.75) is 25.4 Å². The molecular weight excluding hydrogens is 302 g/mol. The van der Waals surface area contributed by atoms with Crippen molar-refractivity contribution in [3.63, 3.8) is 0 Å². The van der Waals surface area contributed by atoms with Gasteiger partial charge in [0.15, 0.2) is 0 Å². The number of nitro groups is 1. The zero-order valence-electron chi connectivity index (χ0n) is 10.7. The molecule has 0 amide bonds. The van der Waals surface area contributed by atoms with Crippen molar-refractivity contribution < 1.29 is 18.8 Å². The van der Waals surface area contributed by atoms with E-state index in [2.05, 4.69) is 4.98 Å². The summed E-state index contributed by atoms with van der Waals surface area (Å²) in [6.07, 6.45) is 1.26. The molecule has 0 radical (unpaired) electrons. The predicted molar refractivity (Wildman–Crippen MR) is 72.0 cm³/mol. The van der Waals surface area contributed by atoms with E-state index < -0.39 is 33.9 Å². The van der Waals surface area contributed by atoms with Crippen molar-refractivity contribution in [2.24, 2.45) is 0 Å². The second-order valence-electron chi connectivity index (χ2n) is 4.75. The molecule has 1 aromatic heterocycles. The lowest BCUT2D eigenvalue weighted by Gasteiger charge is -2.14. The highest BCUT2D eigenvalue weighted by Crippen LogP contribution is 2.40. The highest BCUT2D eigenvalue weighted by molar-refractivity contribution is 7.15. The Kier molecular flexibility index (Phi) is 3.42. The summed E-state index contributed by atoms with van der Waals surface area (Å²) in [5.41, 5.74) is -0.873. The lowest BCUT2D eigenvalue weighted by Crippen LogP contribution is -2.07. The fourth-order valence-electron chi connectivity index (χ4n) is 2.38. The van der Waals surface area contributed by atoms with Crippen LogP contribution in [0.15, 0.2) is 12.1 Å². The monoisotopic (exact) mass is 312 g/mol. The van der Waals surface area contributed by atoms with Gasteiger partial charge < -0.3 is 5.11 Å². The number of aryl methyl sites for hydroxylation is 1. The molecule has 1 atom stereocenters. The van der Waals surface area contributed by atoms with Crippen molar-refractivity contribution in [1.29, 1.82) is 0 Å². The molecule has 1 aliphatic rings. The summed E-state index contributed by atoms with van der Waals surface area (Å²) in [6, 6.07) is 1.64. The molecule has 3 rings (SSSR count). The lowest BCUT2D eigenvalue weighted by atomic mass is 10.0. The Morgan fingerprint density at radius 2 is 2.19 bits per heavy atom. The molecule has 1 heterocycles. The first-order valence-electron chi connectivity index (χ1n) is 6.29. The third kappa shape index (κ3) is 2.30. The molecule has 5 nitrogen and oxygen atoms in total. The molecule has 1 aromatic carbocycles. The summed E-state index contributed by atoms with van der Waals surface area (Å²) >= 11 is 1.07. The van der Waals surface area contributed by atoms with E-state index in [0.29, 0.717) is 18.5 Å². The molecule has 21 heavy (non-hydrogen) atoms. The second-order valence-corrected chi connectivity index (χ2v) is 5.83. The number of nitro benzene ring substituents is 1. The van der Waals surface area contributed by atoms with Gasteiger partial charge in [-0.3, -0.25) is 10.1 Å². The van der Waals surface area contributed by atoms with Crippen LogP contribution in [0.5, 0.6) is 0 Å². The third-order valence-corrected chi connectivity index (χ3v) is 4.55. The number of rotatable bonds is 2. The number of thiazole rings is 1. The van der Waals surface area contributed by atoms with Gasteiger partial charge in [0.1, 0.15) is 10.8 Å². The molecule has 0 spiro atoms. The summed E-state index contributed by atoms with van der Waals surface area (Å²) in [4.78, 5) is 14.7. The van der Waals surface area contributed by atoms with E-state index in [0.717, 1.165) is 34.8 Å². The number of halogens is 2. The van der Waals surface area contributed by atoms with Crippen LogP contribution in [0, 0.1) is 21.7 Å². The number of benzene rings is 1. The average Bonchev–Trinajstić information content (AvgIpc) is 2.83. The van der Waals surface area contributed by atoms with E-state index >= 15 is 0 Å². The van der Waals surface area contributed by atoms with Crippen molar-refractivity contribution >= 4 is 17.0 Å².